The van der Waals surface area contributed by atoms with Crippen LogP contribution in [0.2, 0.25) is 10.0 Å². The molecule has 25 heavy (non-hydrogen) atoms. The van der Waals surface area contributed by atoms with Crippen molar-refractivity contribution in [3.05, 3.63) is 57.6 Å². The van der Waals surface area contributed by atoms with E-state index in [0.29, 0.717) is 28.3 Å². The number of ether oxygens (including phenoxy) is 1. The van der Waals surface area contributed by atoms with Gasteiger partial charge in [0.1, 0.15) is 5.75 Å². The van der Waals surface area contributed by atoms with Crippen LogP contribution in [-0.4, -0.2) is 17.6 Å². The van der Waals surface area contributed by atoms with Crippen LogP contribution in [0, 0.1) is 0 Å². The van der Waals surface area contributed by atoms with Gasteiger partial charge in [-0.3, -0.25) is 0 Å². The summed E-state index contributed by atoms with van der Waals surface area (Å²) in [7, 11) is 0. The standard InChI is InChI=1S/C18H19Cl3O2.C2H6/c1-18(2,12-4-6-14(22)7-5-12)13-10-15(20)17(16(21)11-13)23-9-3-8-19;1-2/h4-7,10-11,22H,3,8-9H2,1-2H3;1-2H3. The highest BCUT2D eigenvalue weighted by Crippen LogP contribution is 2.40. The second kappa shape index (κ2) is 10.2. The van der Waals surface area contributed by atoms with Crippen LogP contribution in [0.15, 0.2) is 36.4 Å². The third-order valence-electron chi connectivity index (χ3n) is 3.83. The molecule has 1 N–H and O–H groups in total. The van der Waals surface area contributed by atoms with Gasteiger partial charge in [0, 0.05) is 11.3 Å². The van der Waals surface area contributed by atoms with Gasteiger partial charge >= 0.3 is 0 Å². The quantitative estimate of drug-likeness (QED) is 0.413. The SMILES string of the molecule is CC.CC(C)(c1ccc(O)cc1)c1cc(Cl)c(OCCCCl)c(Cl)c1. The van der Waals surface area contributed by atoms with Crippen molar-refractivity contribution in [2.45, 2.75) is 39.5 Å². The second-order valence-electron chi connectivity index (χ2n) is 5.83. The molecular weight excluding hydrogens is 379 g/mol. The molecule has 0 spiro atoms. The molecule has 0 heterocycles. The molecule has 2 aromatic rings. The van der Waals surface area contributed by atoms with Gasteiger partial charge in [-0.2, -0.15) is 0 Å². The third kappa shape index (κ3) is 5.70. The molecule has 0 aliphatic carbocycles. The van der Waals surface area contributed by atoms with Gasteiger partial charge in [-0.25, -0.2) is 0 Å². The molecule has 2 rings (SSSR count). The number of benzene rings is 2. The number of phenols is 1. The van der Waals surface area contributed by atoms with Crippen molar-refractivity contribution in [3.63, 3.8) is 0 Å². The van der Waals surface area contributed by atoms with Crippen molar-refractivity contribution in [2.24, 2.45) is 0 Å². The van der Waals surface area contributed by atoms with Crippen molar-refractivity contribution in [3.8, 4) is 11.5 Å². The van der Waals surface area contributed by atoms with Gasteiger partial charge in [-0.15, -0.1) is 11.6 Å². The summed E-state index contributed by atoms with van der Waals surface area (Å²) < 4.78 is 5.62. The largest absolute Gasteiger partial charge is 0.508 e. The Hall–Kier alpha value is -1.09. The Bertz CT molecular complexity index is 644. The first kappa shape index (κ1) is 22.0. The summed E-state index contributed by atoms with van der Waals surface area (Å²) in [5.41, 5.74) is 1.72. The molecule has 0 atom stereocenters. The van der Waals surface area contributed by atoms with E-state index in [1.165, 1.54) is 0 Å². The van der Waals surface area contributed by atoms with Gasteiger partial charge < -0.3 is 9.84 Å². The van der Waals surface area contributed by atoms with Crippen molar-refractivity contribution in [1.29, 1.82) is 0 Å². The maximum absolute atomic E-state index is 9.45. The average molecular weight is 404 g/mol. The summed E-state index contributed by atoms with van der Waals surface area (Å²) in [5.74, 6) is 1.26. The van der Waals surface area contributed by atoms with E-state index in [1.807, 2.05) is 38.1 Å². The molecule has 5 heteroatoms. The van der Waals surface area contributed by atoms with Gasteiger partial charge in [-0.1, -0.05) is 63.0 Å². The lowest BCUT2D eigenvalue weighted by Crippen LogP contribution is -2.19. The third-order valence-corrected chi connectivity index (χ3v) is 4.66. The Morgan fingerprint density at radius 2 is 1.48 bits per heavy atom. The van der Waals surface area contributed by atoms with Gasteiger partial charge in [0.2, 0.25) is 0 Å². The maximum atomic E-state index is 9.45. The van der Waals surface area contributed by atoms with Crippen LogP contribution in [0.1, 0.15) is 45.2 Å². The lowest BCUT2D eigenvalue weighted by molar-refractivity contribution is 0.318. The van der Waals surface area contributed by atoms with E-state index >= 15 is 0 Å². The van der Waals surface area contributed by atoms with Crippen LogP contribution in [0.5, 0.6) is 11.5 Å². The summed E-state index contributed by atoms with van der Waals surface area (Å²) in [6.07, 6.45) is 0.731. The van der Waals surface area contributed by atoms with E-state index in [-0.39, 0.29) is 11.2 Å². The molecule has 0 aromatic heterocycles. The number of halogens is 3. The zero-order valence-corrected chi connectivity index (χ0v) is 17.3. The number of aromatic hydroxyl groups is 1. The van der Waals surface area contributed by atoms with Crippen LogP contribution in [0.3, 0.4) is 0 Å². The number of hydrogen-bond acceptors (Lipinski definition) is 2. The Balaban J connectivity index is 0.00000151. The van der Waals surface area contributed by atoms with E-state index < -0.39 is 0 Å². The summed E-state index contributed by atoms with van der Waals surface area (Å²) in [6.45, 7) is 8.63. The van der Waals surface area contributed by atoms with Crippen molar-refractivity contribution in [2.75, 3.05) is 12.5 Å². The Morgan fingerprint density at radius 1 is 0.960 bits per heavy atom. The van der Waals surface area contributed by atoms with Crippen molar-refractivity contribution in [1.82, 2.24) is 0 Å². The van der Waals surface area contributed by atoms with Crippen LogP contribution < -0.4 is 4.74 Å². The predicted octanol–water partition coefficient (Wildman–Crippen LogP) is 7.06. The minimum Gasteiger partial charge on any atom is -0.508 e. The van der Waals surface area contributed by atoms with Crippen LogP contribution in [0.25, 0.3) is 0 Å². The highest BCUT2D eigenvalue weighted by molar-refractivity contribution is 6.37. The molecule has 0 aliphatic heterocycles. The predicted molar refractivity (Wildman–Crippen MR) is 109 cm³/mol. The molecule has 0 radical (unpaired) electrons. The zero-order chi connectivity index (χ0) is 19.0. The monoisotopic (exact) mass is 402 g/mol. The number of rotatable bonds is 6. The lowest BCUT2D eigenvalue weighted by Gasteiger charge is -2.27. The molecule has 0 unspecified atom stereocenters. The van der Waals surface area contributed by atoms with E-state index in [0.717, 1.165) is 17.5 Å². The molecule has 0 aliphatic rings. The fourth-order valence-corrected chi connectivity index (χ4v) is 3.04. The van der Waals surface area contributed by atoms with Gasteiger partial charge in [0.05, 0.1) is 16.7 Å². The molecular formula is C20H25Cl3O2. The van der Waals surface area contributed by atoms with Crippen LogP contribution in [0.4, 0.5) is 0 Å². The van der Waals surface area contributed by atoms with Crippen molar-refractivity contribution < 1.29 is 9.84 Å². The Morgan fingerprint density at radius 3 is 1.96 bits per heavy atom. The van der Waals surface area contributed by atoms with Crippen LogP contribution in [-0.2, 0) is 5.41 Å². The van der Waals surface area contributed by atoms with Gasteiger partial charge in [0.25, 0.3) is 0 Å². The summed E-state index contributed by atoms with van der Waals surface area (Å²) in [5, 5.41) is 10.4. The first-order valence-corrected chi connectivity index (χ1v) is 9.63. The highest BCUT2D eigenvalue weighted by Gasteiger charge is 2.25. The highest BCUT2D eigenvalue weighted by atomic mass is 35.5. The zero-order valence-electron chi connectivity index (χ0n) is 15.1. The fourth-order valence-electron chi connectivity index (χ4n) is 2.33. The first-order valence-electron chi connectivity index (χ1n) is 8.34. The average Bonchev–Trinajstić information content (AvgIpc) is 2.59. The number of alkyl halides is 1. The molecule has 138 valence electrons. The van der Waals surface area contributed by atoms with E-state index in [1.54, 1.807) is 12.1 Å². The summed E-state index contributed by atoms with van der Waals surface area (Å²) in [4.78, 5) is 0. The minimum absolute atomic E-state index is 0.239. The fraction of sp³-hybridized carbons (Fsp3) is 0.400. The molecule has 0 saturated heterocycles. The van der Waals surface area contributed by atoms with E-state index in [4.69, 9.17) is 39.5 Å². The number of phenolic OH excluding ortho intramolecular Hbond substituents is 1. The van der Waals surface area contributed by atoms with Gasteiger partial charge in [0.15, 0.2) is 5.75 Å². The molecule has 0 amide bonds. The Labute approximate surface area is 165 Å². The van der Waals surface area contributed by atoms with E-state index in [2.05, 4.69) is 13.8 Å². The first-order chi connectivity index (χ1) is 11.9. The maximum Gasteiger partial charge on any atom is 0.156 e. The molecule has 0 saturated carbocycles. The number of hydrogen-bond donors (Lipinski definition) is 1. The lowest BCUT2D eigenvalue weighted by atomic mass is 9.78. The van der Waals surface area contributed by atoms with Crippen LogP contribution >= 0.6 is 34.8 Å². The summed E-state index contributed by atoms with van der Waals surface area (Å²) in [6, 6.07) is 10.9. The molecule has 0 fully saturated rings. The topological polar surface area (TPSA) is 29.5 Å². The second-order valence-corrected chi connectivity index (χ2v) is 7.02. The van der Waals surface area contributed by atoms with Crippen molar-refractivity contribution >= 4 is 34.8 Å². The Kier molecular flexibility index (Phi) is 8.92. The molecule has 0 bridgehead atoms. The van der Waals surface area contributed by atoms with E-state index in [9.17, 15) is 5.11 Å². The van der Waals surface area contributed by atoms with Gasteiger partial charge in [-0.05, 0) is 41.8 Å². The molecule has 2 aromatic carbocycles. The summed E-state index contributed by atoms with van der Waals surface area (Å²) >= 11 is 18.3. The molecule has 2 nitrogen and oxygen atoms in total. The minimum atomic E-state index is -0.310. The normalized spacial score (nSPS) is 10.8. The smallest absolute Gasteiger partial charge is 0.156 e.